The Kier molecular flexibility index (Phi) is 33.4. The molecular weight excluding hydrogens is 415 g/mol. The first-order chi connectivity index (χ1) is 15.4. The summed E-state index contributed by atoms with van der Waals surface area (Å²) in [5, 5.41) is 56.7. The van der Waals surface area contributed by atoms with Crippen molar-refractivity contribution in [1.29, 1.82) is 0 Å². The Labute approximate surface area is 195 Å². The minimum absolute atomic E-state index is 0.332. The molecule has 0 aromatic carbocycles. The van der Waals surface area contributed by atoms with Crippen LogP contribution in [0, 0.1) is 5.41 Å². The van der Waals surface area contributed by atoms with Gasteiger partial charge >= 0.3 is 13.7 Å². The molecule has 0 aliphatic rings. The number of allylic oxidation sites excluding steroid dienone is 2. The van der Waals surface area contributed by atoms with Gasteiger partial charge in [0.2, 0.25) is 0 Å². The van der Waals surface area contributed by atoms with E-state index in [9.17, 15) is 4.79 Å². The normalized spacial score (nSPS) is 10.8. The summed E-state index contributed by atoms with van der Waals surface area (Å²) >= 11 is 0. The van der Waals surface area contributed by atoms with Crippen LogP contribution in [0.4, 0.5) is 0 Å². The molecule has 0 aromatic heterocycles. The smallest absolute Gasteiger partial charge is 0.432 e. The highest BCUT2D eigenvalue weighted by Gasteiger charge is 2.26. The van der Waals surface area contributed by atoms with Crippen molar-refractivity contribution in [1.82, 2.24) is 0 Å². The van der Waals surface area contributed by atoms with Crippen molar-refractivity contribution in [2.75, 3.05) is 26.4 Å². The van der Waals surface area contributed by atoms with Crippen LogP contribution in [-0.4, -0.2) is 75.7 Å². The van der Waals surface area contributed by atoms with Crippen molar-refractivity contribution in [3.63, 3.8) is 0 Å². The van der Waals surface area contributed by atoms with Crippen LogP contribution >= 0.6 is 0 Å². The molecule has 0 aliphatic carbocycles. The maximum Gasteiger partial charge on any atom is 0.432 e. The molecule has 0 aromatic rings. The van der Waals surface area contributed by atoms with E-state index in [1.54, 1.807) is 0 Å². The topological polar surface area (TPSA) is 159 Å². The molecule has 8 nitrogen and oxygen atoms in total. The lowest BCUT2D eigenvalue weighted by molar-refractivity contribution is -0.137. The van der Waals surface area contributed by atoms with Crippen LogP contribution in [0.2, 0.25) is 0 Å². The standard InChI is InChI=1S/C18H34O2.C5H12O4.BH3O2/c1-2-3-4-5-6-7-8-9-10-11-12-13-14-15-16-17-18(19)20;6-1-5(2-7,3-8)4-9;2-1-3/h9-10H,2-8,11-17H2,1H3,(H,19,20);6-9H,1-4H2;1-3H/b10-9-;;. The minimum Gasteiger partial charge on any atom is -0.481 e. The van der Waals surface area contributed by atoms with Gasteiger partial charge in [0.25, 0.3) is 0 Å². The zero-order valence-corrected chi connectivity index (χ0v) is 20.1. The number of rotatable bonds is 19. The number of unbranched alkanes of at least 4 members (excludes halogenated alkanes) is 11. The Morgan fingerprint density at radius 2 is 1.03 bits per heavy atom. The van der Waals surface area contributed by atoms with E-state index in [-0.39, 0.29) is 0 Å². The van der Waals surface area contributed by atoms with Gasteiger partial charge in [-0.05, 0) is 32.1 Å². The fourth-order valence-electron chi connectivity index (χ4n) is 2.65. The predicted molar refractivity (Wildman–Crippen MR) is 129 cm³/mol. The Morgan fingerprint density at radius 3 is 1.34 bits per heavy atom. The first kappa shape index (κ1) is 35.6. The summed E-state index contributed by atoms with van der Waals surface area (Å²) in [4.78, 5) is 10.3. The lowest BCUT2D eigenvalue weighted by Gasteiger charge is -2.23. The van der Waals surface area contributed by atoms with Gasteiger partial charge in [0, 0.05) is 6.42 Å². The second-order valence-electron chi connectivity index (χ2n) is 8.00. The third kappa shape index (κ3) is 29.0. The number of aliphatic hydroxyl groups is 4. The monoisotopic (exact) mass is 464 g/mol. The van der Waals surface area contributed by atoms with Crippen LogP contribution in [0.25, 0.3) is 0 Å². The molecule has 7 N–H and O–H groups in total. The van der Waals surface area contributed by atoms with E-state index in [0.29, 0.717) is 6.42 Å². The second kappa shape index (κ2) is 30.0. The summed E-state index contributed by atoms with van der Waals surface area (Å²) in [5.41, 5.74) is -1.11. The number of carboxylic acids is 1. The molecule has 9 heteroatoms. The third-order valence-corrected chi connectivity index (χ3v) is 4.99. The van der Waals surface area contributed by atoms with Gasteiger partial charge in [0.1, 0.15) is 0 Å². The first-order valence-corrected chi connectivity index (χ1v) is 11.9. The van der Waals surface area contributed by atoms with Crippen LogP contribution < -0.4 is 0 Å². The van der Waals surface area contributed by atoms with Gasteiger partial charge in [-0.25, -0.2) is 0 Å². The number of aliphatic carboxylic acids is 1. The molecule has 0 saturated heterocycles. The molecule has 0 amide bonds. The zero-order chi connectivity index (χ0) is 24.9. The fraction of sp³-hybridized carbons (Fsp3) is 0.870. The van der Waals surface area contributed by atoms with Gasteiger partial charge < -0.3 is 35.6 Å². The van der Waals surface area contributed by atoms with Gasteiger partial charge in [-0.1, -0.05) is 70.4 Å². The second-order valence-corrected chi connectivity index (χ2v) is 8.00. The lowest BCUT2D eigenvalue weighted by atomic mass is 9.93. The molecule has 0 bridgehead atoms. The quantitative estimate of drug-likeness (QED) is 0.0871. The van der Waals surface area contributed by atoms with Crippen LogP contribution in [-0.2, 0) is 4.79 Å². The minimum atomic E-state index is -1.11. The van der Waals surface area contributed by atoms with E-state index < -0.39 is 45.5 Å². The maximum absolute atomic E-state index is 10.3. The highest BCUT2D eigenvalue weighted by Crippen LogP contribution is 2.12. The van der Waals surface area contributed by atoms with Crippen molar-refractivity contribution < 1.29 is 40.4 Å². The molecule has 0 fully saturated rings. The summed E-state index contributed by atoms with van der Waals surface area (Å²) in [6, 6.07) is 0. The third-order valence-electron chi connectivity index (χ3n) is 4.99. The highest BCUT2D eigenvalue weighted by atomic mass is 16.4. The molecule has 0 heterocycles. The van der Waals surface area contributed by atoms with E-state index in [1.165, 1.54) is 70.6 Å². The average Bonchev–Trinajstić information content (AvgIpc) is 2.79. The number of hydrogen-bond acceptors (Lipinski definition) is 7. The van der Waals surface area contributed by atoms with E-state index in [4.69, 9.17) is 35.6 Å². The summed E-state index contributed by atoms with van der Waals surface area (Å²) < 4.78 is 0. The number of hydrogen-bond donors (Lipinski definition) is 7. The van der Waals surface area contributed by atoms with Crippen molar-refractivity contribution >= 4 is 13.7 Å². The van der Waals surface area contributed by atoms with Crippen molar-refractivity contribution in [2.24, 2.45) is 5.41 Å². The average molecular weight is 464 g/mol. The fourth-order valence-corrected chi connectivity index (χ4v) is 2.65. The van der Waals surface area contributed by atoms with E-state index in [1.807, 2.05) is 0 Å². The Bertz CT molecular complexity index is 373. The van der Waals surface area contributed by atoms with E-state index in [0.717, 1.165) is 12.8 Å². The summed E-state index contributed by atoms with van der Waals surface area (Å²) in [6.45, 7) is 0.634. The van der Waals surface area contributed by atoms with Crippen molar-refractivity contribution in [2.45, 2.75) is 96.8 Å². The summed E-state index contributed by atoms with van der Waals surface area (Å²) in [7, 11) is -0.750. The van der Waals surface area contributed by atoms with Gasteiger partial charge in [-0.2, -0.15) is 0 Å². The molecule has 0 atom stereocenters. The number of carbonyl (C=O) groups is 1. The summed E-state index contributed by atoms with van der Waals surface area (Å²) in [6.07, 6.45) is 21.2. The number of aliphatic hydroxyl groups excluding tert-OH is 4. The van der Waals surface area contributed by atoms with Crippen molar-refractivity contribution in [3.05, 3.63) is 12.2 Å². The lowest BCUT2D eigenvalue weighted by Crippen LogP contribution is -2.37. The van der Waals surface area contributed by atoms with E-state index in [2.05, 4.69) is 19.1 Å². The largest absolute Gasteiger partial charge is 0.481 e. The molecule has 0 saturated carbocycles. The van der Waals surface area contributed by atoms with Crippen LogP contribution in [0.15, 0.2) is 12.2 Å². The molecule has 0 radical (unpaired) electrons. The van der Waals surface area contributed by atoms with E-state index >= 15 is 0 Å². The molecule has 0 unspecified atom stereocenters. The van der Waals surface area contributed by atoms with Crippen LogP contribution in [0.5, 0.6) is 0 Å². The molecule has 0 rings (SSSR count). The maximum atomic E-state index is 10.3. The predicted octanol–water partition coefficient (Wildman–Crippen LogP) is 2.29. The Balaban J connectivity index is -0.000000580. The van der Waals surface area contributed by atoms with Crippen molar-refractivity contribution in [3.8, 4) is 0 Å². The Morgan fingerprint density at radius 1 is 0.688 bits per heavy atom. The SMILES string of the molecule is CCCCCCCC/C=C\CCCCCCCC(=O)O.OBO.OCC(CO)(CO)CO. The van der Waals surface area contributed by atoms with Gasteiger partial charge in [-0.3, -0.25) is 4.79 Å². The van der Waals surface area contributed by atoms with Crippen LogP contribution in [0.1, 0.15) is 96.8 Å². The molecule has 32 heavy (non-hydrogen) atoms. The van der Waals surface area contributed by atoms with Gasteiger partial charge in [0.15, 0.2) is 0 Å². The molecule has 0 aliphatic heterocycles. The summed E-state index contributed by atoms with van der Waals surface area (Å²) in [5.74, 6) is -0.664. The molecule has 192 valence electrons. The van der Waals surface area contributed by atoms with Gasteiger partial charge in [0.05, 0.1) is 31.8 Å². The first-order valence-electron chi connectivity index (χ1n) is 11.9. The van der Waals surface area contributed by atoms with Crippen LogP contribution in [0.3, 0.4) is 0 Å². The molecule has 0 spiro atoms. The van der Waals surface area contributed by atoms with Gasteiger partial charge in [-0.15, -0.1) is 0 Å². The number of carboxylic acid groups (broad SMARTS) is 1. The highest BCUT2D eigenvalue weighted by molar-refractivity contribution is 6.13. The zero-order valence-electron chi connectivity index (χ0n) is 20.1. The molecular formula is C23H49BO8. The Hall–Kier alpha value is -0.965.